The van der Waals surface area contributed by atoms with Crippen LogP contribution < -0.4 is 9.96 Å². The van der Waals surface area contributed by atoms with Gasteiger partial charge in [-0.15, -0.1) is 0 Å². The van der Waals surface area contributed by atoms with E-state index >= 15 is 0 Å². The second-order valence-electron chi connectivity index (χ2n) is 7.76. The fourth-order valence-corrected chi connectivity index (χ4v) is 3.81. The van der Waals surface area contributed by atoms with Gasteiger partial charge in [-0.2, -0.15) is 0 Å². The molecule has 2 atom stereocenters. The van der Waals surface area contributed by atoms with Gasteiger partial charge in [-0.1, -0.05) is 24.3 Å². The lowest BCUT2D eigenvalue weighted by Gasteiger charge is -2.37. The molecule has 1 saturated carbocycles. The molecule has 0 spiro atoms. The summed E-state index contributed by atoms with van der Waals surface area (Å²) < 4.78 is -0.407. The van der Waals surface area contributed by atoms with Crippen molar-refractivity contribution in [3.63, 3.8) is 0 Å². The minimum atomic E-state index is -0.407. The number of benzene rings is 1. The summed E-state index contributed by atoms with van der Waals surface area (Å²) in [6, 6.07) is 10.2. The van der Waals surface area contributed by atoms with E-state index in [1.807, 2.05) is 25.1 Å². The number of aryl methyl sites for hydroxylation is 1. The number of carbonyl (C=O) groups is 1. The van der Waals surface area contributed by atoms with Crippen LogP contribution in [0.3, 0.4) is 0 Å². The van der Waals surface area contributed by atoms with E-state index in [1.165, 1.54) is 18.4 Å². The van der Waals surface area contributed by atoms with Crippen LogP contribution in [0.2, 0.25) is 0 Å². The van der Waals surface area contributed by atoms with Crippen LogP contribution in [0.1, 0.15) is 41.9 Å². The number of quaternary nitrogens is 1. The number of pyridine rings is 1. The predicted octanol–water partition coefficient (Wildman–Crippen LogP) is 3.20. The van der Waals surface area contributed by atoms with Gasteiger partial charge in [0.1, 0.15) is 6.54 Å². The van der Waals surface area contributed by atoms with Gasteiger partial charge < -0.3 is 15.2 Å². The maximum Gasteiger partial charge on any atom is 0.224 e. The fraction of sp³-hybridized carbons (Fsp3) is 0.429. The largest absolute Gasteiger partial charge is 0.627 e. The van der Waals surface area contributed by atoms with Crippen LogP contribution in [0, 0.1) is 12.1 Å². The molecule has 2 aromatic rings. The Kier molecular flexibility index (Phi) is 4.51. The van der Waals surface area contributed by atoms with Crippen LogP contribution in [0.4, 0.5) is 5.69 Å². The molecule has 1 saturated heterocycles. The summed E-state index contributed by atoms with van der Waals surface area (Å²) in [5, 5.41) is 16.1. The average Bonchev–Trinajstić information content (AvgIpc) is 3.39. The van der Waals surface area contributed by atoms with Crippen LogP contribution in [-0.2, 0) is 11.2 Å². The number of hydroxylamine groups is 2. The van der Waals surface area contributed by atoms with E-state index < -0.39 is 4.65 Å². The molecular weight excluding hydrogens is 326 g/mol. The maximum absolute atomic E-state index is 13.1. The Bertz CT molecular complexity index is 801. The van der Waals surface area contributed by atoms with E-state index in [1.54, 1.807) is 12.4 Å². The number of nitrogens with zero attached hydrogens (tertiary/aromatic N) is 2. The quantitative estimate of drug-likeness (QED) is 0.664. The highest BCUT2D eigenvalue weighted by atomic mass is 16.5. The summed E-state index contributed by atoms with van der Waals surface area (Å²) in [6.07, 6.45) is 7.03. The molecule has 1 aromatic heterocycles. The van der Waals surface area contributed by atoms with Gasteiger partial charge >= 0.3 is 0 Å². The highest BCUT2D eigenvalue weighted by molar-refractivity contribution is 5.79. The molecule has 0 bridgehead atoms. The molecule has 1 N–H and O–H groups in total. The van der Waals surface area contributed by atoms with Crippen molar-refractivity contribution in [3.8, 4) is 0 Å². The zero-order valence-corrected chi connectivity index (χ0v) is 15.1. The van der Waals surface area contributed by atoms with Gasteiger partial charge in [0.15, 0.2) is 5.69 Å². The number of aromatic nitrogens is 1. The van der Waals surface area contributed by atoms with Gasteiger partial charge in [0.25, 0.3) is 0 Å². The van der Waals surface area contributed by atoms with Crippen molar-refractivity contribution < 1.29 is 4.79 Å². The molecule has 4 rings (SSSR count). The summed E-state index contributed by atoms with van der Waals surface area (Å²) in [7, 11) is 0. The zero-order valence-electron chi connectivity index (χ0n) is 15.1. The molecule has 0 radical (unpaired) electrons. The van der Waals surface area contributed by atoms with E-state index in [9.17, 15) is 10.0 Å². The Morgan fingerprint density at radius 2 is 2.00 bits per heavy atom. The molecule has 5 heteroatoms. The van der Waals surface area contributed by atoms with Crippen molar-refractivity contribution in [2.24, 2.45) is 0 Å². The molecular formula is C21H25N3O2. The standard InChI is InChI=1S/C21H25N3O2/c1-15-10-20(13-22-12-15)24(26)9-8-19(14-24)23-21(25)11-16-2-4-17(5-3-16)18-6-7-18/h2-5,10,12-13,18-19H,6-9,11,14H2,1H3,(H,23,25)/t19-,24?/m1/s1. The number of nitrogens with one attached hydrogen (secondary N) is 1. The van der Waals surface area contributed by atoms with Gasteiger partial charge in [-0.05, 0) is 42.4 Å². The Labute approximate surface area is 154 Å². The zero-order chi connectivity index (χ0) is 18.1. The van der Waals surface area contributed by atoms with E-state index in [-0.39, 0.29) is 11.9 Å². The first-order valence-corrected chi connectivity index (χ1v) is 9.40. The number of hydrogen-bond acceptors (Lipinski definition) is 3. The molecule has 1 aromatic carbocycles. The number of carbonyl (C=O) groups excluding carboxylic acids is 1. The van der Waals surface area contributed by atoms with Gasteiger partial charge in [0.2, 0.25) is 5.91 Å². The first-order valence-electron chi connectivity index (χ1n) is 9.40. The van der Waals surface area contributed by atoms with Gasteiger partial charge in [-0.25, -0.2) is 0 Å². The van der Waals surface area contributed by atoms with Crippen molar-refractivity contribution in [2.75, 3.05) is 13.1 Å². The third-order valence-electron chi connectivity index (χ3n) is 5.44. The van der Waals surface area contributed by atoms with Crippen molar-refractivity contribution in [3.05, 3.63) is 64.6 Å². The van der Waals surface area contributed by atoms with Crippen molar-refractivity contribution >= 4 is 11.6 Å². The van der Waals surface area contributed by atoms with Crippen LogP contribution in [-0.4, -0.2) is 30.0 Å². The summed E-state index contributed by atoms with van der Waals surface area (Å²) in [5.74, 6) is 0.723. The fourth-order valence-electron chi connectivity index (χ4n) is 3.81. The van der Waals surface area contributed by atoms with E-state index in [4.69, 9.17) is 0 Å². The molecule has 26 heavy (non-hydrogen) atoms. The topological polar surface area (TPSA) is 65.1 Å². The molecule has 1 aliphatic heterocycles. The maximum atomic E-state index is 13.1. The lowest BCUT2D eigenvalue weighted by Crippen LogP contribution is -2.45. The highest BCUT2D eigenvalue weighted by Gasteiger charge is 2.34. The van der Waals surface area contributed by atoms with Crippen molar-refractivity contribution in [2.45, 2.75) is 44.6 Å². The SMILES string of the molecule is Cc1cncc([N+]2([O-])CC[C@@H](NC(=O)Cc3ccc(C4CC4)cc3)C2)c1. The summed E-state index contributed by atoms with van der Waals surface area (Å²) in [6.45, 7) is 2.79. The summed E-state index contributed by atoms with van der Waals surface area (Å²) in [4.78, 5) is 16.5. The third-order valence-corrected chi connectivity index (χ3v) is 5.44. The molecule has 136 valence electrons. The second kappa shape index (κ2) is 6.82. The van der Waals surface area contributed by atoms with Crippen LogP contribution >= 0.6 is 0 Å². The van der Waals surface area contributed by atoms with Crippen LogP contribution in [0.5, 0.6) is 0 Å². The minimum Gasteiger partial charge on any atom is -0.627 e. The number of hydrogen-bond donors (Lipinski definition) is 1. The molecule has 1 amide bonds. The number of amides is 1. The van der Waals surface area contributed by atoms with E-state index in [2.05, 4.69) is 22.4 Å². The molecule has 2 heterocycles. The van der Waals surface area contributed by atoms with Gasteiger partial charge in [0.05, 0.1) is 25.2 Å². The summed E-state index contributed by atoms with van der Waals surface area (Å²) >= 11 is 0. The average molecular weight is 351 g/mol. The Morgan fingerprint density at radius 3 is 2.69 bits per heavy atom. The van der Waals surface area contributed by atoms with Crippen LogP contribution in [0.25, 0.3) is 0 Å². The van der Waals surface area contributed by atoms with Gasteiger partial charge in [-0.3, -0.25) is 9.78 Å². The molecule has 5 nitrogen and oxygen atoms in total. The molecule has 2 fully saturated rings. The normalized spacial score (nSPS) is 25.2. The third kappa shape index (κ3) is 3.79. The minimum absolute atomic E-state index is 0.00927. The van der Waals surface area contributed by atoms with Crippen LogP contribution in [0.15, 0.2) is 42.7 Å². The first-order chi connectivity index (χ1) is 12.5. The molecule has 2 aliphatic rings. The smallest absolute Gasteiger partial charge is 0.224 e. The lowest BCUT2D eigenvalue weighted by atomic mass is 10.1. The van der Waals surface area contributed by atoms with Crippen molar-refractivity contribution in [1.29, 1.82) is 0 Å². The monoisotopic (exact) mass is 351 g/mol. The van der Waals surface area contributed by atoms with E-state index in [0.29, 0.717) is 31.6 Å². The Morgan fingerprint density at radius 1 is 1.23 bits per heavy atom. The van der Waals surface area contributed by atoms with E-state index in [0.717, 1.165) is 17.0 Å². The lowest BCUT2D eigenvalue weighted by molar-refractivity contribution is -0.121. The molecule has 1 aliphatic carbocycles. The highest BCUT2D eigenvalue weighted by Crippen LogP contribution is 2.39. The molecule has 1 unspecified atom stereocenters. The van der Waals surface area contributed by atoms with Gasteiger partial charge in [0, 0.05) is 18.7 Å². The first kappa shape index (κ1) is 17.2. The summed E-state index contributed by atoms with van der Waals surface area (Å²) in [5.41, 5.74) is 4.07. The Balaban J connectivity index is 1.33. The Hall–Kier alpha value is -2.24. The predicted molar refractivity (Wildman–Crippen MR) is 103 cm³/mol. The van der Waals surface area contributed by atoms with Crippen molar-refractivity contribution in [1.82, 2.24) is 14.9 Å². The number of rotatable bonds is 5. The second-order valence-corrected chi connectivity index (χ2v) is 7.76.